The van der Waals surface area contributed by atoms with E-state index in [0.717, 1.165) is 0 Å². The van der Waals surface area contributed by atoms with Crippen LogP contribution < -0.4 is 0 Å². The molecule has 56 valence electrons. The maximum Gasteiger partial charge on any atom is 0.211 e. The zero-order chi connectivity index (χ0) is 8.15. The maximum atomic E-state index is 12.1. The second-order valence-electron chi connectivity index (χ2n) is 1.84. The lowest BCUT2D eigenvalue weighted by atomic mass is 10.1. The predicted molar refractivity (Wildman–Crippen MR) is 38.8 cm³/mol. The molecule has 0 radical (unpaired) electrons. The van der Waals surface area contributed by atoms with Crippen molar-refractivity contribution in [1.29, 1.82) is 5.41 Å². The van der Waals surface area contributed by atoms with E-state index >= 15 is 0 Å². The fraction of sp³-hybridized carbons (Fsp3) is 0.286. The molecule has 0 spiro atoms. The van der Waals surface area contributed by atoms with Crippen molar-refractivity contribution in [3.05, 3.63) is 23.8 Å². The van der Waals surface area contributed by atoms with Gasteiger partial charge >= 0.3 is 0 Å². The zero-order valence-electron chi connectivity index (χ0n) is 5.82. The molecule has 0 amide bonds. The summed E-state index contributed by atoms with van der Waals surface area (Å²) in [5.74, 6) is -1.10. The van der Waals surface area contributed by atoms with Crippen LogP contribution in [0.3, 0.4) is 0 Å². The van der Waals surface area contributed by atoms with Crippen LogP contribution in [0.4, 0.5) is 4.39 Å². The highest BCUT2D eigenvalue weighted by atomic mass is 19.1. The summed E-state index contributed by atoms with van der Waals surface area (Å²) >= 11 is 0. The summed E-state index contributed by atoms with van der Waals surface area (Å²) in [5.41, 5.74) is 0.491. The standard InChI is InChI=1S/C7H10FNO/c1-3-5(2)6(4-10)7(8)9/h3,9-10H,1,4H2,2H3/b6-5-,9-7?. The van der Waals surface area contributed by atoms with E-state index in [4.69, 9.17) is 10.5 Å². The van der Waals surface area contributed by atoms with Gasteiger partial charge in [0.05, 0.1) is 6.61 Å². The van der Waals surface area contributed by atoms with Gasteiger partial charge in [-0.3, -0.25) is 5.41 Å². The Bertz CT molecular complexity index is 184. The molecule has 0 bridgehead atoms. The van der Waals surface area contributed by atoms with Gasteiger partial charge in [-0.2, -0.15) is 4.39 Å². The van der Waals surface area contributed by atoms with Gasteiger partial charge in [0.2, 0.25) is 5.97 Å². The highest BCUT2D eigenvalue weighted by molar-refractivity contribution is 5.91. The van der Waals surface area contributed by atoms with Crippen molar-refractivity contribution in [2.75, 3.05) is 6.61 Å². The van der Waals surface area contributed by atoms with Crippen molar-refractivity contribution in [3.8, 4) is 0 Å². The lowest BCUT2D eigenvalue weighted by Gasteiger charge is -1.99. The minimum Gasteiger partial charge on any atom is -0.391 e. The third-order valence-electron chi connectivity index (χ3n) is 1.21. The average molecular weight is 143 g/mol. The molecule has 0 saturated carbocycles. The van der Waals surface area contributed by atoms with Crippen molar-refractivity contribution in [2.45, 2.75) is 6.92 Å². The molecular weight excluding hydrogens is 133 g/mol. The van der Waals surface area contributed by atoms with Crippen LogP contribution in [0.15, 0.2) is 23.8 Å². The van der Waals surface area contributed by atoms with Crippen molar-refractivity contribution < 1.29 is 9.50 Å². The van der Waals surface area contributed by atoms with Gasteiger partial charge in [-0.05, 0) is 12.5 Å². The molecule has 0 aliphatic heterocycles. The van der Waals surface area contributed by atoms with Crippen molar-refractivity contribution in [1.82, 2.24) is 0 Å². The Morgan fingerprint density at radius 1 is 1.80 bits per heavy atom. The average Bonchev–Trinajstić information content (AvgIpc) is 1.88. The van der Waals surface area contributed by atoms with Crippen LogP contribution in [0, 0.1) is 5.41 Å². The molecule has 3 heteroatoms. The van der Waals surface area contributed by atoms with Gasteiger partial charge in [0.1, 0.15) is 0 Å². The van der Waals surface area contributed by atoms with Crippen LogP contribution in [0.1, 0.15) is 6.92 Å². The summed E-state index contributed by atoms with van der Waals surface area (Å²) in [4.78, 5) is 0. The first-order chi connectivity index (χ1) is 4.63. The first-order valence-corrected chi connectivity index (χ1v) is 2.81. The fourth-order valence-electron chi connectivity index (χ4n) is 0.490. The van der Waals surface area contributed by atoms with E-state index in [0.29, 0.717) is 5.57 Å². The molecule has 0 aromatic rings. The monoisotopic (exact) mass is 143 g/mol. The lowest BCUT2D eigenvalue weighted by Crippen LogP contribution is -2.01. The van der Waals surface area contributed by atoms with E-state index < -0.39 is 12.6 Å². The molecule has 0 fully saturated rings. The molecule has 0 unspecified atom stereocenters. The Morgan fingerprint density at radius 2 is 2.30 bits per heavy atom. The van der Waals surface area contributed by atoms with Gasteiger partial charge in [-0.25, -0.2) is 0 Å². The number of halogens is 1. The molecule has 2 N–H and O–H groups in total. The van der Waals surface area contributed by atoms with Crippen LogP contribution in [0.2, 0.25) is 0 Å². The number of aliphatic hydroxyl groups excluding tert-OH is 1. The minimum atomic E-state index is -1.10. The smallest absolute Gasteiger partial charge is 0.211 e. The second kappa shape index (κ2) is 3.95. The number of allylic oxidation sites excluding steroid dienone is 2. The van der Waals surface area contributed by atoms with Gasteiger partial charge in [0.15, 0.2) is 0 Å². The molecule has 0 atom stereocenters. The number of nitrogens with one attached hydrogen (secondary N) is 1. The number of hydrogen-bond acceptors (Lipinski definition) is 2. The molecule has 0 aromatic carbocycles. The van der Waals surface area contributed by atoms with Gasteiger partial charge in [-0.1, -0.05) is 12.7 Å². The first-order valence-electron chi connectivity index (χ1n) is 2.81. The Labute approximate surface area is 59.2 Å². The summed E-state index contributed by atoms with van der Waals surface area (Å²) in [6.07, 6.45) is 1.40. The summed E-state index contributed by atoms with van der Waals surface area (Å²) in [6, 6.07) is 0. The number of rotatable bonds is 3. The maximum absolute atomic E-state index is 12.1. The molecule has 0 aliphatic carbocycles. The van der Waals surface area contributed by atoms with E-state index in [9.17, 15) is 4.39 Å². The van der Waals surface area contributed by atoms with Crippen LogP contribution in [0.5, 0.6) is 0 Å². The SMILES string of the molecule is C=C/C(C)=C(/CO)C(=N)F. The molecular formula is C7H10FNO. The summed E-state index contributed by atoms with van der Waals surface area (Å²) in [7, 11) is 0. The van der Waals surface area contributed by atoms with Crippen LogP contribution in [-0.4, -0.2) is 17.7 Å². The van der Waals surface area contributed by atoms with E-state index in [2.05, 4.69) is 6.58 Å². The van der Waals surface area contributed by atoms with E-state index in [-0.39, 0.29) is 5.57 Å². The van der Waals surface area contributed by atoms with Crippen molar-refractivity contribution >= 4 is 5.97 Å². The van der Waals surface area contributed by atoms with Gasteiger partial charge < -0.3 is 5.11 Å². The van der Waals surface area contributed by atoms with Crippen LogP contribution >= 0.6 is 0 Å². The molecule has 10 heavy (non-hydrogen) atoms. The normalized spacial score (nSPS) is 12.3. The highest BCUT2D eigenvalue weighted by Gasteiger charge is 2.03. The van der Waals surface area contributed by atoms with Gasteiger partial charge in [0, 0.05) is 5.57 Å². The molecule has 0 rings (SSSR count). The Morgan fingerprint density at radius 3 is 2.40 bits per heavy atom. The minimum absolute atomic E-state index is 0.00463. The van der Waals surface area contributed by atoms with Crippen molar-refractivity contribution in [3.63, 3.8) is 0 Å². The highest BCUT2D eigenvalue weighted by Crippen LogP contribution is 2.05. The Balaban J connectivity index is 4.62. The summed E-state index contributed by atoms with van der Waals surface area (Å²) in [5, 5.41) is 15.1. The molecule has 0 heterocycles. The predicted octanol–water partition coefficient (Wildman–Crippen LogP) is 1.43. The first kappa shape index (κ1) is 9.04. The fourth-order valence-corrected chi connectivity index (χ4v) is 0.490. The quantitative estimate of drug-likeness (QED) is 0.455. The molecule has 2 nitrogen and oxygen atoms in total. The molecule has 0 aliphatic rings. The largest absolute Gasteiger partial charge is 0.391 e. The van der Waals surface area contributed by atoms with Crippen LogP contribution in [-0.2, 0) is 0 Å². The Kier molecular flexibility index (Phi) is 3.57. The third-order valence-corrected chi connectivity index (χ3v) is 1.21. The molecule has 0 saturated heterocycles. The second-order valence-corrected chi connectivity index (χ2v) is 1.84. The van der Waals surface area contributed by atoms with E-state index in [1.165, 1.54) is 6.08 Å². The van der Waals surface area contributed by atoms with E-state index in [1.807, 2.05) is 0 Å². The topological polar surface area (TPSA) is 44.1 Å². The van der Waals surface area contributed by atoms with Gasteiger partial charge in [-0.15, -0.1) is 0 Å². The van der Waals surface area contributed by atoms with Gasteiger partial charge in [0.25, 0.3) is 0 Å². The molecule has 0 aromatic heterocycles. The summed E-state index contributed by atoms with van der Waals surface area (Å²) in [6.45, 7) is 4.52. The van der Waals surface area contributed by atoms with E-state index in [1.54, 1.807) is 6.92 Å². The zero-order valence-corrected chi connectivity index (χ0v) is 5.82. The Hall–Kier alpha value is -0.960. The van der Waals surface area contributed by atoms with Crippen LogP contribution in [0.25, 0.3) is 0 Å². The van der Waals surface area contributed by atoms with Crippen molar-refractivity contribution in [2.24, 2.45) is 0 Å². The lowest BCUT2D eigenvalue weighted by molar-refractivity contribution is 0.334. The summed E-state index contributed by atoms with van der Waals surface area (Å²) < 4.78 is 12.1. The third kappa shape index (κ3) is 2.11. The number of hydrogen-bond donors (Lipinski definition) is 2. The number of aliphatic hydroxyl groups is 1.